The second-order valence-corrected chi connectivity index (χ2v) is 5.08. The quantitative estimate of drug-likeness (QED) is 0.669. The number of carbonyl (C=O) groups is 1. The van der Waals surface area contributed by atoms with Crippen LogP contribution in [0.4, 0.5) is 0 Å². The Bertz CT molecular complexity index is 502. The molecule has 1 fully saturated rings. The first-order valence-electron chi connectivity index (χ1n) is 6.42. The lowest BCUT2D eigenvalue weighted by Crippen LogP contribution is -2.44. The first kappa shape index (κ1) is 13.9. The summed E-state index contributed by atoms with van der Waals surface area (Å²) in [6.45, 7) is 3.18. The third kappa shape index (κ3) is 2.89. The van der Waals surface area contributed by atoms with Gasteiger partial charge < -0.3 is 10.1 Å². The van der Waals surface area contributed by atoms with Crippen LogP contribution in [0, 0.1) is 5.92 Å². The zero-order chi connectivity index (χ0) is 13.8. The van der Waals surface area contributed by atoms with Crippen molar-refractivity contribution in [3.63, 3.8) is 0 Å². The van der Waals surface area contributed by atoms with Crippen molar-refractivity contribution in [1.29, 1.82) is 0 Å². The van der Waals surface area contributed by atoms with Crippen LogP contribution in [0.5, 0.6) is 0 Å². The normalized spacial score (nSPS) is 21.7. The molecule has 4 nitrogen and oxygen atoms in total. The molecule has 0 saturated carbocycles. The molecule has 1 saturated heterocycles. The molecule has 1 heterocycles. The number of halogens is 1. The fourth-order valence-corrected chi connectivity index (χ4v) is 2.62. The van der Waals surface area contributed by atoms with Crippen molar-refractivity contribution >= 4 is 23.2 Å². The van der Waals surface area contributed by atoms with Gasteiger partial charge in [-0.3, -0.25) is 4.79 Å². The molecule has 2 rings (SSSR count). The van der Waals surface area contributed by atoms with Crippen LogP contribution in [-0.4, -0.2) is 34.8 Å². The van der Waals surface area contributed by atoms with Gasteiger partial charge in [-0.25, -0.2) is 0 Å². The van der Waals surface area contributed by atoms with Crippen molar-refractivity contribution in [3.8, 4) is 0 Å². The van der Waals surface area contributed by atoms with E-state index in [-0.39, 0.29) is 11.8 Å². The highest BCUT2D eigenvalue weighted by Crippen LogP contribution is 2.22. The number of oxime groups is 1. The van der Waals surface area contributed by atoms with Gasteiger partial charge in [0.1, 0.15) is 0 Å². The van der Waals surface area contributed by atoms with Crippen molar-refractivity contribution in [3.05, 3.63) is 34.9 Å². The Morgan fingerprint density at radius 3 is 2.89 bits per heavy atom. The van der Waals surface area contributed by atoms with Crippen LogP contribution in [0.1, 0.15) is 30.1 Å². The zero-order valence-electron chi connectivity index (χ0n) is 10.8. The molecular weight excluding hydrogens is 264 g/mol. The summed E-state index contributed by atoms with van der Waals surface area (Å²) in [5, 5.41) is 12.8. The molecule has 1 aromatic rings. The van der Waals surface area contributed by atoms with Crippen LogP contribution in [0.15, 0.2) is 29.4 Å². The van der Waals surface area contributed by atoms with Gasteiger partial charge in [-0.2, -0.15) is 0 Å². The molecular formula is C14H17ClN2O2. The SMILES string of the molecule is CCC1CN(C(=O)c2ccccc2Cl)CC/C1=N\O. The summed E-state index contributed by atoms with van der Waals surface area (Å²) >= 11 is 6.05. The molecule has 1 atom stereocenters. The van der Waals surface area contributed by atoms with Crippen molar-refractivity contribution in [1.82, 2.24) is 4.90 Å². The summed E-state index contributed by atoms with van der Waals surface area (Å²) < 4.78 is 0. The highest BCUT2D eigenvalue weighted by Gasteiger charge is 2.28. The van der Waals surface area contributed by atoms with Gasteiger partial charge in [0.05, 0.1) is 16.3 Å². The number of amides is 1. The largest absolute Gasteiger partial charge is 0.411 e. The van der Waals surface area contributed by atoms with E-state index in [0.717, 1.165) is 12.1 Å². The molecule has 1 unspecified atom stereocenters. The summed E-state index contributed by atoms with van der Waals surface area (Å²) in [4.78, 5) is 14.2. The van der Waals surface area contributed by atoms with E-state index in [9.17, 15) is 4.79 Å². The summed E-state index contributed by atoms with van der Waals surface area (Å²) in [6.07, 6.45) is 1.47. The zero-order valence-corrected chi connectivity index (χ0v) is 11.6. The predicted octanol–water partition coefficient (Wildman–Crippen LogP) is 3.04. The molecule has 5 heteroatoms. The van der Waals surface area contributed by atoms with E-state index in [1.807, 2.05) is 6.92 Å². The minimum absolute atomic E-state index is 0.0546. The second kappa shape index (κ2) is 6.06. The highest BCUT2D eigenvalue weighted by atomic mass is 35.5. The molecule has 0 radical (unpaired) electrons. The topological polar surface area (TPSA) is 52.9 Å². The van der Waals surface area contributed by atoms with Crippen LogP contribution in [0.25, 0.3) is 0 Å². The van der Waals surface area contributed by atoms with Gasteiger partial charge >= 0.3 is 0 Å². The Morgan fingerprint density at radius 2 is 2.26 bits per heavy atom. The molecule has 0 spiro atoms. The standard InChI is InChI=1S/C14H17ClN2O2/c1-2-10-9-17(8-7-13(10)16-19)14(18)11-5-3-4-6-12(11)15/h3-6,10,19H,2,7-9H2,1H3/b16-13+. The van der Waals surface area contributed by atoms with Crippen LogP contribution in [0.2, 0.25) is 5.02 Å². The average Bonchev–Trinajstić information content (AvgIpc) is 2.46. The van der Waals surface area contributed by atoms with Gasteiger partial charge in [0.25, 0.3) is 5.91 Å². The van der Waals surface area contributed by atoms with Crippen molar-refractivity contribution in [2.24, 2.45) is 11.1 Å². The molecule has 1 N–H and O–H groups in total. The predicted molar refractivity (Wildman–Crippen MR) is 75.0 cm³/mol. The fraction of sp³-hybridized carbons (Fsp3) is 0.429. The number of likely N-dealkylation sites (tertiary alicyclic amines) is 1. The monoisotopic (exact) mass is 280 g/mol. The number of benzene rings is 1. The van der Waals surface area contributed by atoms with E-state index in [1.54, 1.807) is 29.2 Å². The first-order chi connectivity index (χ1) is 9.17. The van der Waals surface area contributed by atoms with E-state index in [1.165, 1.54) is 0 Å². The third-order valence-electron chi connectivity index (χ3n) is 3.56. The van der Waals surface area contributed by atoms with E-state index in [2.05, 4.69) is 5.16 Å². The Balaban J connectivity index is 2.16. The van der Waals surface area contributed by atoms with Crippen LogP contribution < -0.4 is 0 Å². The first-order valence-corrected chi connectivity index (χ1v) is 6.79. The Kier molecular flexibility index (Phi) is 4.43. The van der Waals surface area contributed by atoms with E-state index < -0.39 is 0 Å². The summed E-state index contributed by atoms with van der Waals surface area (Å²) in [7, 11) is 0. The molecule has 1 aromatic carbocycles. The van der Waals surface area contributed by atoms with Crippen LogP contribution in [-0.2, 0) is 0 Å². The van der Waals surface area contributed by atoms with Gasteiger partial charge in [-0.1, -0.05) is 35.8 Å². The molecule has 0 aliphatic carbocycles. The van der Waals surface area contributed by atoms with Crippen LogP contribution >= 0.6 is 11.6 Å². The lowest BCUT2D eigenvalue weighted by molar-refractivity contribution is 0.0729. The summed E-state index contributed by atoms with van der Waals surface area (Å²) in [5.74, 6) is 0.0752. The Labute approximate surface area is 117 Å². The number of nitrogens with zero attached hydrogens (tertiary/aromatic N) is 2. The third-order valence-corrected chi connectivity index (χ3v) is 3.89. The van der Waals surface area contributed by atoms with E-state index in [0.29, 0.717) is 30.1 Å². The smallest absolute Gasteiger partial charge is 0.255 e. The van der Waals surface area contributed by atoms with Gasteiger partial charge in [0.2, 0.25) is 0 Å². The minimum atomic E-state index is -0.0546. The maximum Gasteiger partial charge on any atom is 0.255 e. The number of carbonyl (C=O) groups excluding carboxylic acids is 1. The number of piperidine rings is 1. The lowest BCUT2D eigenvalue weighted by atomic mass is 9.93. The minimum Gasteiger partial charge on any atom is -0.411 e. The molecule has 1 aliphatic rings. The second-order valence-electron chi connectivity index (χ2n) is 4.68. The molecule has 1 aliphatic heterocycles. The molecule has 1 amide bonds. The van der Waals surface area contributed by atoms with E-state index >= 15 is 0 Å². The van der Waals surface area contributed by atoms with Crippen LogP contribution in [0.3, 0.4) is 0 Å². The molecule has 0 bridgehead atoms. The average molecular weight is 281 g/mol. The van der Waals surface area contributed by atoms with Gasteiger partial charge in [0, 0.05) is 25.4 Å². The summed E-state index contributed by atoms with van der Waals surface area (Å²) in [6, 6.07) is 7.07. The molecule has 0 aromatic heterocycles. The van der Waals surface area contributed by atoms with Crippen molar-refractivity contribution in [2.45, 2.75) is 19.8 Å². The van der Waals surface area contributed by atoms with Gasteiger partial charge in [0.15, 0.2) is 0 Å². The number of hydrogen-bond acceptors (Lipinski definition) is 3. The maximum atomic E-state index is 12.4. The lowest BCUT2D eigenvalue weighted by Gasteiger charge is -2.33. The molecule has 19 heavy (non-hydrogen) atoms. The fourth-order valence-electron chi connectivity index (χ4n) is 2.40. The number of rotatable bonds is 2. The summed E-state index contributed by atoms with van der Waals surface area (Å²) in [5.41, 5.74) is 1.31. The van der Waals surface area contributed by atoms with Crippen molar-refractivity contribution < 1.29 is 10.0 Å². The highest BCUT2D eigenvalue weighted by molar-refractivity contribution is 6.33. The van der Waals surface area contributed by atoms with Gasteiger partial charge in [-0.05, 0) is 18.6 Å². The van der Waals surface area contributed by atoms with Crippen molar-refractivity contribution in [2.75, 3.05) is 13.1 Å². The Morgan fingerprint density at radius 1 is 1.53 bits per heavy atom. The number of hydrogen-bond donors (Lipinski definition) is 1. The molecule has 102 valence electrons. The maximum absolute atomic E-state index is 12.4. The van der Waals surface area contributed by atoms with E-state index in [4.69, 9.17) is 16.8 Å². The Hall–Kier alpha value is -1.55. The van der Waals surface area contributed by atoms with Gasteiger partial charge in [-0.15, -0.1) is 0 Å².